The molecule has 0 aliphatic carbocycles. The van der Waals surface area contributed by atoms with E-state index in [1.807, 2.05) is 12.1 Å². The lowest BCUT2D eigenvalue weighted by Crippen LogP contribution is -2.40. The molecule has 0 heterocycles. The van der Waals surface area contributed by atoms with Gasteiger partial charge in [-0.05, 0) is 48.4 Å². The molecule has 2 aromatic carbocycles. The van der Waals surface area contributed by atoms with Crippen molar-refractivity contribution in [2.75, 3.05) is 45.0 Å². The number of hydrogen-bond donors (Lipinski definition) is 1. The SMILES string of the molecule is COc1ccc(N(CC(=O)NCCc2ccc(OC)c(OC)c2)S(C)(=O)=O)cc1. The third kappa shape index (κ3) is 6.28. The van der Waals surface area contributed by atoms with Crippen molar-refractivity contribution in [2.24, 2.45) is 0 Å². The van der Waals surface area contributed by atoms with Gasteiger partial charge >= 0.3 is 0 Å². The number of nitrogens with one attached hydrogen (secondary N) is 1. The predicted molar refractivity (Wildman–Crippen MR) is 111 cm³/mol. The van der Waals surface area contributed by atoms with E-state index in [0.717, 1.165) is 16.1 Å². The first-order valence-corrected chi connectivity index (χ1v) is 10.7. The van der Waals surface area contributed by atoms with Crippen LogP contribution in [-0.4, -0.2) is 55.0 Å². The Labute approximate surface area is 171 Å². The lowest BCUT2D eigenvalue weighted by molar-refractivity contribution is -0.119. The van der Waals surface area contributed by atoms with Crippen molar-refractivity contribution in [3.63, 3.8) is 0 Å². The zero-order valence-electron chi connectivity index (χ0n) is 17.0. The number of rotatable bonds is 10. The van der Waals surface area contributed by atoms with Gasteiger partial charge in [0, 0.05) is 6.54 Å². The summed E-state index contributed by atoms with van der Waals surface area (Å²) in [6, 6.07) is 12.0. The summed E-state index contributed by atoms with van der Waals surface area (Å²) >= 11 is 0. The molecule has 0 aliphatic heterocycles. The number of methoxy groups -OCH3 is 3. The molecule has 0 bridgehead atoms. The van der Waals surface area contributed by atoms with Gasteiger partial charge in [0.1, 0.15) is 12.3 Å². The Kier molecular flexibility index (Phi) is 7.72. The highest BCUT2D eigenvalue weighted by Gasteiger charge is 2.20. The minimum Gasteiger partial charge on any atom is -0.497 e. The highest BCUT2D eigenvalue weighted by Crippen LogP contribution is 2.27. The number of amides is 1. The second kappa shape index (κ2) is 10.0. The molecule has 0 saturated carbocycles. The van der Waals surface area contributed by atoms with Crippen LogP contribution in [0.5, 0.6) is 17.2 Å². The molecule has 2 aromatic rings. The first kappa shape index (κ1) is 22.4. The zero-order chi connectivity index (χ0) is 21.4. The first-order chi connectivity index (χ1) is 13.8. The van der Waals surface area contributed by atoms with Gasteiger partial charge in [0.05, 0.1) is 33.3 Å². The van der Waals surface area contributed by atoms with Gasteiger partial charge in [0.2, 0.25) is 15.9 Å². The highest BCUT2D eigenvalue weighted by atomic mass is 32.2. The maximum absolute atomic E-state index is 12.3. The average Bonchev–Trinajstić information content (AvgIpc) is 2.71. The minimum absolute atomic E-state index is 0.308. The van der Waals surface area contributed by atoms with Gasteiger partial charge in [0.25, 0.3) is 0 Å². The molecule has 0 fully saturated rings. The molecule has 1 amide bonds. The lowest BCUT2D eigenvalue weighted by Gasteiger charge is -2.22. The molecule has 0 saturated heterocycles. The number of hydrogen-bond acceptors (Lipinski definition) is 6. The van der Waals surface area contributed by atoms with Crippen LogP contribution in [0.4, 0.5) is 5.69 Å². The van der Waals surface area contributed by atoms with Crippen molar-refractivity contribution in [3.8, 4) is 17.2 Å². The van der Waals surface area contributed by atoms with Crippen LogP contribution in [0.25, 0.3) is 0 Å². The number of carbonyl (C=O) groups excluding carboxylic acids is 1. The van der Waals surface area contributed by atoms with Crippen molar-refractivity contribution in [1.29, 1.82) is 0 Å². The molecule has 29 heavy (non-hydrogen) atoms. The minimum atomic E-state index is -3.63. The third-order valence-electron chi connectivity index (χ3n) is 4.23. The standard InChI is InChI=1S/C20H26N2O6S/c1-26-17-8-6-16(7-9-17)22(29(4,24)25)14-20(23)21-12-11-15-5-10-18(27-2)19(13-15)28-3/h5-10,13H,11-12,14H2,1-4H3,(H,21,23). The van der Waals surface area contributed by atoms with Gasteiger partial charge in [-0.1, -0.05) is 6.07 Å². The van der Waals surface area contributed by atoms with Crippen LogP contribution in [0.15, 0.2) is 42.5 Å². The lowest BCUT2D eigenvalue weighted by atomic mass is 10.1. The number of nitrogens with zero attached hydrogens (tertiary/aromatic N) is 1. The Balaban J connectivity index is 1.98. The summed E-state index contributed by atoms with van der Waals surface area (Å²) in [4.78, 5) is 12.3. The smallest absolute Gasteiger partial charge is 0.240 e. The summed E-state index contributed by atoms with van der Waals surface area (Å²) in [6.07, 6.45) is 1.63. The van der Waals surface area contributed by atoms with E-state index in [0.29, 0.717) is 35.9 Å². The summed E-state index contributed by atoms with van der Waals surface area (Å²) in [6.45, 7) is 0.0472. The van der Waals surface area contributed by atoms with Crippen LogP contribution in [0.2, 0.25) is 0 Å². The molecular formula is C20H26N2O6S. The van der Waals surface area contributed by atoms with Gasteiger partial charge < -0.3 is 19.5 Å². The number of sulfonamides is 1. The Bertz CT molecular complexity index is 928. The zero-order valence-corrected chi connectivity index (χ0v) is 17.8. The van der Waals surface area contributed by atoms with Crippen LogP contribution in [0, 0.1) is 0 Å². The van der Waals surface area contributed by atoms with Crippen molar-refractivity contribution in [1.82, 2.24) is 5.32 Å². The highest BCUT2D eigenvalue weighted by molar-refractivity contribution is 7.92. The van der Waals surface area contributed by atoms with Gasteiger partial charge in [0.15, 0.2) is 11.5 Å². The van der Waals surface area contributed by atoms with Crippen molar-refractivity contribution >= 4 is 21.6 Å². The Morgan fingerprint density at radius 1 is 0.966 bits per heavy atom. The maximum Gasteiger partial charge on any atom is 0.240 e. The van der Waals surface area contributed by atoms with E-state index in [9.17, 15) is 13.2 Å². The van der Waals surface area contributed by atoms with E-state index in [-0.39, 0.29) is 6.54 Å². The molecule has 0 unspecified atom stereocenters. The van der Waals surface area contributed by atoms with E-state index >= 15 is 0 Å². The molecule has 8 nitrogen and oxygen atoms in total. The number of carbonyl (C=O) groups is 1. The summed E-state index contributed by atoms with van der Waals surface area (Å²) in [7, 11) is 1.02. The molecule has 0 radical (unpaired) electrons. The normalized spacial score (nSPS) is 10.9. The predicted octanol–water partition coefficient (Wildman–Crippen LogP) is 1.84. The average molecular weight is 423 g/mol. The number of ether oxygens (including phenoxy) is 3. The molecule has 0 spiro atoms. The maximum atomic E-state index is 12.3. The van der Waals surface area contributed by atoms with E-state index in [2.05, 4.69) is 5.32 Å². The quantitative estimate of drug-likeness (QED) is 0.628. The second-order valence-corrected chi connectivity index (χ2v) is 8.16. The molecule has 0 aliphatic rings. The van der Waals surface area contributed by atoms with Crippen LogP contribution in [-0.2, 0) is 21.2 Å². The Morgan fingerprint density at radius 3 is 2.17 bits per heavy atom. The van der Waals surface area contributed by atoms with Gasteiger partial charge in [-0.15, -0.1) is 0 Å². The van der Waals surface area contributed by atoms with Crippen LogP contribution >= 0.6 is 0 Å². The molecule has 158 valence electrons. The largest absolute Gasteiger partial charge is 0.497 e. The topological polar surface area (TPSA) is 94.2 Å². The number of benzene rings is 2. The van der Waals surface area contributed by atoms with E-state index in [4.69, 9.17) is 14.2 Å². The number of anilines is 1. The molecular weight excluding hydrogens is 396 g/mol. The fourth-order valence-electron chi connectivity index (χ4n) is 2.72. The molecule has 2 rings (SSSR count). The molecule has 1 N–H and O–H groups in total. The van der Waals surface area contributed by atoms with E-state index in [1.54, 1.807) is 44.6 Å². The van der Waals surface area contributed by atoms with Crippen molar-refractivity contribution in [2.45, 2.75) is 6.42 Å². The summed E-state index contributed by atoms with van der Waals surface area (Å²) in [5.41, 5.74) is 1.35. The Morgan fingerprint density at radius 2 is 1.62 bits per heavy atom. The monoisotopic (exact) mass is 422 g/mol. The van der Waals surface area contributed by atoms with E-state index in [1.165, 1.54) is 7.11 Å². The van der Waals surface area contributed by atoms with Crippen LogP contribution in [0.1, 0.15) is 5.56 Å². The second-order valence-electron chi connectivity index (χ2n) is 6.26. The fourth-order valence-corrected chi connectivity index (χ4v) is 3.57. The Hall–Kier alpha value is -2.94. The van der Waals surface area contributed by atoms with Gasteiger partial charge in [-0.3, -0.25) is 9.10 Å². The summed E-state index contributed by atoms with van der Waals surface area (Å²) < 4.78 is 40.9. The molecule has 0 aromatic heterocycles. The van der Waals surface area contributed by atoms with Crippen molar-refractivity contribution in [3.05, 3.63) is 48.0 Å². The summed E-state index contributed by atoms with van der Waals surface area (Å²) in [5.74, 6) is 1.44. The first-order valence-electron chi connectivity index (χ1n) is 8.88. The van der Waals surface area contributed by atoms with Crippen molar-refractivity contribution < 1.29 is 27.4 Å². The third-order valence-corrected chi connectivity index (χ3v) is 5.37. The molecule has 0 atom stereocenters. The van der Waals surface area contributed by atoms with E-state index < -0.39 is 15.9 Å². The fraction of sp³-hybridized carbons (Fsp3) is 0.350. The van der Waals surface area contributed by atoms with Crippen LogP contribution in [0.3, 0.4) is 0 Å². The molecule has 9 heteroatoms. The van der Waals surface area contributed by atoms with Gasteiger partial charge in [-0.25, -0.2) is 8.42 Å². The summed E-state index contributed by atoms with van der Waals surface area (Å²) in [5, 5.41) is 2.75. The van der Waals surface area contributed by atoms with Gasteiger partial charge in [-0.2, -0.15) is 0 Å². The van der Waals surface area contributed by atoms with Crippen LogP contribution < -0.4 is 23.8 Å².